The van der Waals surface area contributed by atoms with Crippen LogP contribution >= 0.6 is 11.6 Å². The Kier molecular flexibility index (Phi) is 4.26. The molecular formula is C11H17ClN+. The van der Waals surface area contributed by atoms with Crippen LogP contribution in [-0.4, -0.2) is 12.6 Å². The molecule has 0 aromatic heterocycles. The van der Waals surface area contributed by atoms with Gasteiger partial charge in [0.25, 0.3) is 0 Å². The average Bonchev–Trinajstić information content (AvgIpc) is 2.15. The molecule has 0 amide bonds. The van der Waals surface area contributed by atoms with E-state index in [1.165, 1.54) is 5.56 Å². The van der Waals surface area contributed by atoms with Crippen LogP contribution in [0.25, 0.3) is 0 Å². The lowest BCUT2D eigenvalue weighted by Crippen LogP contribution is -2.89. The third-order valence-corrected chi connectivity index (χ3v) is 2.41. The third-order valence-electron chi connectivity index (χ3n) is 1.98. The van der Waals surface area contributed by atoms with E-state index >= 15 is 0 Å². The molecule has 2 N–H and O–H groups in total. The van der Waals surface area contributed by atoms with Crippen LogP contribution in [0.5, 0.6) is 0 Å². The Morgan fingerprint density at radius 3 is 2.38 bits per heavy atom. The van der Waals surface area contributed by atoms with Crippen LogP contribution in [0.15, 0.2) is 30.3 Å². The molecule has 0 saturated carbocycles. The van der Waals surface area contributed by atoms with E-state index < -0.39 is 0 Å². The molecule has 0 aliphatic carbocycles. The second kappa shape index (κ2) is 5.25. The highest BCUT2D eigenvalue weighted by atomic mass is 35.5. The molecule has 0 aliphatic heterocycles. The summed E-state index contributed by atoms with van der Waals surface area (Å²) in [5.74, 6) is 0. The van der Waals surface area contributed by atoms with E-state index in [-0.39, 0.29) is 5.38 Å². The number of halogens is 1. The van der Waals surface area contributed by atoms with Gasteiger partial charge >= 0.3 is 0 Å². The highest BCUT2D eigenvalue weighted by Gasteiger charge is 2.09. The Balaban J connectivity index is 2.44. The van der Waals surface area contributed by atoms with Gasteiger partial charge in [0.2, 0.25) is 0 Å². The van der Waals surface area contributed by atoms with Gasteiger partial charge in [-0.05, 0) is 19.4 Å². The zero-order valence-corrected chi connectivity index (χ0v) is 8.96. The minimum atomic E-state index is 0.128. The van der Waals surface area contributed by atoms with Gasteiger partial charge in [-0.15, -0.1) is 11.6 Å². The minimum Gasteiger partial charge on any atom is -0.343 e. The molecule has 0 aliphatic rings. The molecule has 0 bridgehead atoms. The number of rotatable bonds is 4. The number of benzene rings is 1. The maximum atomic E-state index is 6.22. The predicted molar refractivity (Wildman–Crippen MR) is 57.0 cm³/mol. The lowest BCUT2D eigenvalue weighted by molar-refractivity contribution is -0.682. The molecule has 1 unspecified atom stereocenters. The highest BCUT2D eigenvalue weighted by Crippen LogP contribution is 2.17. The minimum absolute atomic E-state index is 0.128. The molecule has 0 spiro atoms. The van der Waals surface area contributed by atoms with E-state index in [4.69, 9.17) is 11.6 Å². The van der Waals surface area contributed by atoms with Gasteiger partial charge in [-0.2, -0.15) is 0 Å². The Morgan fingerprint density at radius 2 is 1.85 bits per heavy atom. The molecule has 2 heteroatoms. The van der Waals surface area contributed by atoms with Crippen molar-refractivity contribution >= 4 is 11.6 Å². The second-order valence-electron chi connectivity index (χ2n) is 3.59. The van der Waals surface area contributed by atoms with Crippen LogP contribution in [0, 0.1) is 0 Å². The first-order chi connectivity index (χ1) is 6.20. The monoisotopic (exact) mass is 198 g/mol. The zero-order valence-electron chi connectivity index (χ0n) is 8.20. The average molecular weight is 199 g/mol. The Labute approximate surface area is 85.1 Å². The van der Waals surface area contributed by atoms with Crippen molar-refractivity contribution in [1.82, 2.24) is 0 Å². The Morgan fingerprint density at radius 1 is 1.23 bits per heavy atom. The van der Waals surface area contributed by atoms with Crippen molar-refractivity contribution in [2.24, 2.45) is 0 Å². The number of alkyl halides is 1. The summed E-state index contributed by atoms with van der Waals surface area (Å²) in [5, 5.41) is 2.38. The number of nitrogens with two attached hydrogens (primary N) is 1. The second-order valence-corrected chi connectivity index (χ2v) is 4.12. The largest absolute Gasteiger partial charge is 0.343 e. The SMILES string of the molecule is CC(C)[NH2+]CC(Cl)c1ccccc1. The molecule has 72 valence electrons. The van der Waals surface area contributed by atoms with Crippen LogP contribution in [0.2, 0.25) is 0 Å². The summed E-state index contributed by atoms with van der Waals surface area (Å²) < 4.78 is 0. The summed E-state index contributed by atoms with van der Waals surface area (Å²) >= 11 is 6.22. The molecular weight excluding hydrogens is 182 g/mol. The van der Waals surface area contributed by atoms with Gasteiger partial charge < -0.3 is 5.32 Å². The standard InChI is InChI=1S/C11H16ClN/c1-9(2)13-8-11(12)10-6-4-3-5-7-10/h3-7,9,11,13H,8H2,1-2H3/p+1. The molecule has 1 aromatic carbocycles. The fourth-order valence-corrected chi connectivity index (χ4v) is 1.44. The highest BCUT2D eigenvalue weighted by molar-refractivity contribution is 6.20. The van der Waals surface area contributed by atoms with E-state index in [0.29, 0.717) is 6.04 Å². The van der Waals surface area contributed by atoms with Gasteiger partial charge in [0.05, 0.1) is 12.6 Å². The van der Waals surface area contributed by atoms with Gasteiger partial charge in [-0.3, -0.25) is 0 Å². The van der Waals surface area contributed by atoms with E-state index in [2.05, 4.69) is 31.3 Å². The summed E-state index contributed by atoms with van der Waals surface area (Å²) in [7, 11) is 0. The van der Waals surface area contributed by atoms with E-state index in [1.54, 1.807) is 0 Å². The summed E-state index contributed by atoms with van der Waals surface area (Å²) in [4.78, 5) is 0. The first-order valence-electron chi connectivity index (χ1n) is 4.72. The smallest absolute Gasteiger partial charge is 0.107 e. The van der Waals surface area contributed by atoms with Crippen molar-refractivity contribution in [2.75, 3.05) is 6.54 Å². The molecule has 1 nitrogen and oxygen atoms in total. The van der Waals surface area contributed by atoms with E-state index in [9.17, 15) is 0 Å². The molecule has 1 atom stereocenters. The predicted octanol–water partition coefficient (Wildman–Crippen LogP) is 1.94. The lowest BCUT2D eigenvalue weighted by Gasteiger charge is -2.10. The molecule has 0 saturated heterocycles. The molecule has 0 heterocycles. The van der Waals surface area contributed by atoms with Gasteiger partial charge in [0, 0.05) is 0 Å². The van der Waals surface area contributed by atoms with Crippen LogP contribution in [0.3, 0.4) is 0 Å². The van der Waals surface area contributed by atoms with Crippen LogP contribution < -0.4 is 5.32 Å². The molecule has 1 rings (SSSR count). The van der Waals surface area contributed by atoms with Crippen LogP contribution in [0.4, 0.5) is 0 Å². The first kappa shape index (κ1) is 10.6. The topological polar surface area (TPSA) is 16.6 Å². The third kappa shape index (κ3) is 3.79. The molecule has 0 fully saturated rings. The van der Waals surface area contributed by atoms with Gasteiger partial charge in [0.1, 0.15) is 5.38 Å². The van der Waals surface area contributed by atoms with Gasteiger partial charge in [0.15, 0.2) is 0 Å². The van der Waals surface area contributed by atoms with Crippen molar-refractivity contribution < 1.29 is 5.32 Å². The molecule has 13 heavy (non-hydrogen) atoms. The quantitative estimate of drug-likeness (QED) is 0.713. The van der Waals surface area contributed by atoms with Crippen LogP contribution in [0.1, 0.15) is 24.8 Å². The van der Waals surface area contributed by atoms with Gasteiger partial charge in [-0.25, -0.2) is 0 Å². The zero-order chi connectivity index (χ0) is 9.68. The van der Waals surface area contributed by atoms with Crippen molar-refractivity contribution in [3.05, 3.63) is 35.9 Å². The van der Waals surface area contributed by atoms with Crippen molar-refractivity contribution in [3.8, 4) is 0 Å². The van der Waals surface area contributed by atoms with Gasteiger partial charge in [-0.1, -0.05) is 30.3 Å². The maximum absolute atomic E-state index is 6.22. The molecule has 1 aromatic rings. The van der Waals surface area contributed by atoms with Crippen molar-refractivity contribution in [1.29, 1.82) is 0 Å². The fourth-order valence-electron chi connectivity index (χ4n) is 1.19. The lowest BCUT2D eigenvalue weighted by atomic mass is 10.1. The Hall–Kier alpha value is -0.530. The normalized spacial score (nSPS) is 13.2. The van der Waals surface area contributed by atoms with Crippen LogP contribution in [-0.2, 0) is 0 Å². The van der Waals surface area contributed by atoms with Crippen molar-refractivity contribution in [2.45, 2.75) is 25.3 Å². The number of quaternary nitrogens is 1. The van der Waals surface area contributed by atoms with E-state index in [1.807, 2.05) is 18.2 Å². The van der Waals surface area contributed by atoms with E-state index in [0.717, 1.165) is 6.54 Å². The maximum Gasteiger partial charge on any atom is 0.107 e. The summed E-state index contributed by atoms with van der Waals surface area (Å²) in [6, 6.07) is 10.8. The summed E-state index contributed by atoms with van der Waals surface area (Å²) in [6.07, 6.45) is 0. The molecule has 0 radical (unpaired) electrons. The van der Waals surface area contributed by atoms with Crippen molar-refractivity contribution in [3.63, 3.8) is 0 Å². The Bertz CT molecular complexity index is 233. The number of hydrogen-bond donors (Lipinski definition) is 1. The first-order valence-corrected chi connectivity index (χ1v) is 5.16. The summed E-state index contributed by atoms with van der Waals surface area (Å²) in [5.41, 5.74) is 1.21. The fraction of sp³-hybridized carbons (Fsp3) is 0.455. The summed E-state index contributed by atoms with van der Waals surface area (Å²) in [6.45, 7) is 5.30. The number of hydrogen-bond acceptors (Lipinski definition) is 0.